The van der Waals surface area contributed by atoms with Crippen molar-refractivity contribution in [3.05, 3.63) is 23.6 Å². The molecule has 0 aliphatic carbocycles. The predicted octanol–water partition coefficient (Wildman–Crippen LogP) is 4.54. The van der Waals surface area contributed by atoms with E-state index in [-0.39, 0.29) is 61.4 Å². The van der Waals surface area contributed by atoms with Gasteiger partial charge in [0, 0.05) is 36.9 Å². The Bertz CT molecular complexity index is 774. The molecule has 4 heterocycles. The Balaban J connectivity index is 0.000000206. The van der Waals surface area contributed by atoms with Gasteiger partial charge in [0.1, 0.15) is 11.7 Å². The Labute approximate surface area is 235 Å². The van der Waals surface area contributed by atoms with Crippen LogP contribution in [0.3, 0.4) is 0 Å². The number of alkyl halides is 1. The van der Waals surface area contributed by atoms with E-state index in [9.17, 15) is 4.79 Å². The summed E-state index contributed by atoms with van der Waals surface area (Å²) in [5.41, 5.74) is 0.994. The first kappa shape index (κ1) is 30.8. The van der Waals surface area contributed by atoms with E-state index in [4.69, 9.17) is 35.7 Å². The predicted molar refractivity (Wildman–Crippen MR) is 148 cm³/mol. The minimum Gasteiger partial charge on any atom is -0.462 e. The number of aliphatic hydroxyl groups excluding tert-OH is 2. The lowest BCUT2D eigenvalue weighted by Crippen LogP contribution is -2.49. The maximum Gasteiger partial charge on any atom is 0.306 e. The van der Waals surface area contributed by atoms with E-state index >= 15 is 0 Å². The van der Waals surface area contributed by atoms with Gasteiger partial charge in [0.05, 0.1) is 30.5 Å². The summed E-state index contributed by atoms with van der Waals surface area (Å²) in [6.45, 7) is 12.0. The third kappa shape index (κ3) is 9.14. The largest absolute Gasteiger partial charge is 0.462 e. The van der Waals surface area contributed by atoms with Gasteiger partial charge >= 0.3 is 5.97 Å². The number of halogens is 1. The van der Waals surface area contributed by atoms with Crippen molar-refractivity contribution in [2.24, 2.45) is 0 Å². The van der Waals surface area contributed by atoms with Crippen LogP contribution in [0.1, 0.15) is 83.5 Å². The molecule has 0 aromatic heterocycles. The Morgan fingerprint density at radius 1 is 0.973 bits per heavy atom. The zero-order valence-electron chi connectivity index (χ0n) is 22.0. The summed E-state index contributed by atoms with van der Waals surface area (Å²) >= 11 is 2.40. The first-order valence-corrected chi connectivity index (χ1v) is 15.4. The van der Waals surface area contributed by atoms with Gasteiger partial charge in [-0.15, -0.1) is 0 Å². The summed E-state index contributed by atoms with van der Waals surface area (Å²) in [4.78, 5) is 14.4. The van der Waals surface area contributed by atoms with Gasteiger partial charge in [0.25, 0.3) is 0 Å². The minimum absolute atomic E-state index is 0.0744. The maximum absolute atomic E-state index is 11.0. The molecule has 0 spiro atoms. The average molecular weight is 634 g/mol. The number of fused-ring (bicyclic) bond motifs is 1. The molecule has 0 radical (unpaired) electrons. The van der Waals surface area contributed by atoms with Crippen molar-refractivity contribution in [1.82, 2.24) is 0 Å². The van der Waals surface area contributed by atoms with Crippen LogP contribution in [0, 0.1) is 6.57 Å². The smallest absolute Gasteiger partial charge is 0.306 e. The summed E-state index contributed by atoms with van der Waals surface area (Å²) in [7, 11) is 0. The first-order valence-electron chi connectivity index (χ1n) is 13.9. The van der Waals surface area contributed by atoms with Crippen molar-refractivity contribution in [1.29, 1.82) is 0 Å². The van der Waals surface area contributed by atoms with Gasteiger partial charge in [-0.3, -0.25) is 4.79 Å². The topological polar surface area (TPSA) is 98.8 Å². The lowest BCUT2D eigenvalue weighted by Gasteiger charge is -2.40. The number of rotatable bonds is 12. The summed E-state index contributed by atoms with van der Waals surface area (Å²) in [5.74, 6) is -0.0769. The van der Waals surface area contributed by atoms with E-state index in [1.54, 1.807) is 0 Å². The van der Waals surface area contributed by atoms with Crippen molar-refractivity contribution < 1.29 is 34.0 Å². The Morgan fingerprint density at radius 3 is 2.38 bits per heavy atom. The molecule has 4 rings (SSSR count). The number of esters is 1. The van der Waals surface area contributed by atoms with Crippen LogP contribution >= 0.6 is 22.6 Å². The van der Waals surface area contributed by atoms with Gasteiger partial charge in [-0.05, 0) is 69.8 Å². The van der Waals surface area contributed by atoms with Gasteiger partial charge in [-0.25, -0.2) is 6.57 Å². The standard InChI is InChI=1S/C14H22INO3.C14H22O4/c1-16-7-6-11-4-5-13-14(10-15,19-11)9-12(18-13)3-2-8-17;1-10-9-12(3-2-8-15)17-13(10)6-4-11-5-7-14(16)18-11/h11-13,17H,2-10H2;11-13,15H,1-9H2/t11-,12+,13+,14-;/m1./s1. The lowest BCUT2D eigenvalue weighted by atomic mass is 9.87. The average Bonchev–Trinajstić information content (AvgIpc) is 3.60. The van der Waals surface area contributed by atoms with Crippen LogP contribution < -0.4 is 0 Å². The van der Waals surface area contributed by atoms with Crippen LogP contribution in [0.25, 0.3) is 4.85 Å². The number of carbonyl (C=O) groups is 1. The van der Waals surface area contributed by atoms with Crippen LogP contribution in [0.5, 0.6) is 0 Å². The fourth-order valence-electron chi connectivity index (χ4n) is 5.86. The van der Waals surface area contributed by atoms with Crippen molar-refractivity contribution in [2.75, 3.05) is 24.2 Å². The molecule has 8 nitrogen and oxygen atoms in total. The highest BCUT2D eigenvalue weighted by atomic mass is 127. The normalized spacial score (nSPS) is 35.0. The summed E-state index contributed by atoms with van der Waals surface area (Å²) in [6, 6.07) is 0. The molecule has 7 atom stereocenters. The quantitative estimate of drug-likeness (QED) is 0.107. The highest BCUT2D eigenvalue weighted by Crippen LogP contribution is 2.44. The van der Waals surface area contributed by atoms with Crippen LogP contribution in [0.2, 0.25) is 0 Å². The van der Waals surface area contributed by atoms with Crippen molar-refractivity contribution in [3.63, 3.8) is 0 Å². The zero-order chi connectivity index (χ0) is 26.7. The van der Waals surface area contributed by atoms with Crippen LogP contribution in [0.15, 0.2) is 12.2 Å². The van der Waals surface area contributed by atoms with Gasteiger partial charge in [-0.2, -0.15) is 0 Å². The number of carbonyl (C=O) groups excluding carboxylic acids is 1. The maximum atomic E-state index is 11.0. The van der Waals surface area contributed by atoms with Crippen LogP contribution in [0.4, 0.5) is 0 Å². The molecular weight excluding hydrogens is 589 g/mol. The highest BCUT2D eigenvalue weighted by Gasteiger charge is 2.52. The summed E-state index contributed by atoms with van der Waals surface area (Å²) < 4.78 is 24.5. The van der Waals surface area contributed by atoms with Crippen molar-refractivity contribution >= 4 is 28.6 Å². The molecule has 210 valence electrons. The van der Waals surface area contributed by atoms with E-state index < -0.39 is 0 Å². The second kappa shape index (κ2) is 15.7. The molecule has 0 saturated carbocycles. The Kier molecular flexibility index (Phi) is 13.1. The molecule has 4 aliphatic heterocycles. The molecule has 4 aliphatic rings. The molecule has 9 heteroatoms. The van der Waals surface area contributed by atoms with Crippen LogP contribution in [-0.4, -0.2) is 82.6 Å². The van der Waals surface area contributed by atoms with E-state index in [0.717, 1.165) is 87.1 Å². The minimum atomic E-state index is -0.147. The molecule has 4 fully saturated rings. The number of hydrogen-bond donors (Lipinski definition) is 2. The van der Waals surface area contributed by atoms with E-state index in [0.29, 0.717) is 13.0 Å². The second-order valence-electron chi connectivity index (χ2n) is 10.7. The van der Waals surface area contributed by atoms with E-state index in [1.807, 2.05) is 0 Å². The fraction of sp³-hybridized carbons (Fsp3) is 0.857. The van der Waals surface area contributed by atoms with Crippen molar-refractivity contribution in [2.45, 2.75) is 126 Å². The molecule has 0 aromatic rings. The third-order valence-corrected chi connectivity index (χ3v) is 9.14. The second-order valence-corrected chi connectivity index (χ2v) is 11.5. The highest BCUT2D eigenvalue weighted by molar-refractivity contribution is 14.1. The molecule has 2 N–H and O–H groups in total. The molecule has 4 saturated heterocycles. The summed E-state index contributed by atoms with van der Waals surface area (Å²) in [5, 5.41) is 17.7. The van der Waals surface area contributed by atoms with Gasteiger partial charge in [0.2, 0.25) is 6.54 Å². The number of nitrogens with zero attached hydrogens (tertiary/aromatic N) is 1. The SMILES string of the molecule is C=C1CC(CCCO)OC1CCC1CCC(=O)O1.[C-]#[N+]CC[C@H]1CC[C@@H]2O[C@@H](CCCO)C[C@]2(CI)O1. The van der Waals surface area contributed by atoms with E-state index in [2.05, 4.69) is 34.0 Å². The Morgan fingerprint density at radius 2 is 1.73 bits per heavy atom. The summed E-state index contributed by atoms with van der Waals surface area (Å²) in [6.07, 6.45) is 12.3. The first-order chi connectivity index (χ1) is 17.9. The number of aliphatic hydroxyl groups is 2. The van der Waals surface area contributed by atoms with Gasteiger partial charge in [-0.1, -0.05) is 29.2 Å². The van der Waals surface area contributed by atoms with Crippen LogP contribution in [-0.2, 0) is 23.7 Å². The monoisotopic (exact) mass is 633 g/mol. The van der Waals surface area contributed by atoms with Gasteiger partial charge in [0.15, 0.2) is 0 Å². The molecule has 37 heavy (non-hydrogen) atoms. The molecule has 3 unspecified atom stereocenters. The fourth-order valence-corrected chi connectivity index (χ4v) is 6.84. The molecular formula is C28H44INO7. The molecule has 0 aromatic carbocycles. The molecule has 0 bridgehead atoms. The van der Waals surface area contributed by atoms with E-state index in [1.165, 1.54) is 0 Å². The van der Waals surface area contributed by atoms with Crippen molar-refractivity contribution in [3.8, 4) is 0 Å². The number of cyclic esters (lactones) is 1. The number of hydrogen-bond acceptors (Lipinski definition) is 7. The third-order valence-electron chi connectivity index (χ3n) is 7.85. The zero-order valence-corrected chi connectivity index (χ0v) is 24.1. The Hall–Kier alpha value is -0.770. The van der Waals surface area contributed by atoms with Gasteiger partial charge < -0.3 is 34.0 Å². The molecule has 0 amide bonds. The lowest BCUT2D eigenvalue weighted by molar-refractivity contribution is -0.152. The number of ether oxygens (including phenoxy) is 4.